The van der Waals surface area contributed by atoms with Gasteiger partial charge in [-0.15, -0.1) is 0 Å². The SMILES string of the molecule is OC(c1cscc1Br)c1cn[nH]c1-c1ccccc1. The van der Waals surface area contributed by atoms with Crippen molar-refractivity contribution in [2.24, 2.45) is 0 Å². The van der Waals surface area contributed by atoms with Crippen molar-refractivity contribution in [1.82, 2.24) is 10.2 Å². The minimum Gasteiger partial charge on any atom is -0.383 e. The Morgan fingerprint density at radius 1 is 1.16 bits per heavy atom. The van der Waals surface area contributed by atoms with Crippen LogP contribution in [-0.4, -0.2) is 15.3 Å². The molecule has 1 aromatic carbocycles. The van der Waals surface area contributed by atoms with E-state index in [1.807, 2.05) is 41.1 Å². The molecule has 3 rings (SSSR count). The predicted molar refractivity (Wildman–Crippen MR) is 80.1 cm³/mol. The molecule has 2 heterocycles. The van der Waals surface area contributed by atoms with Gasteiger partial charge in [0.05, 0.1) is 11.9 Å². The van der Waals surface area contributed by atoms with Gasteiger partial charge in [-0.25, -0.2) is 0 Å². The number of hydrogen-bond donors (Lipinski definition) is 2. The lowest BCUT2D eigenvalue weighted by Crippen LogP contribution is -1.99. The zero-order valence-corrected chi connectivity index (χ0v) is 12.3. The van der Waals surface area contributed by atoms with Gasteiger partial charge in [0, 0.05) is 21.0 Å². The zero-order chi connectivity index (χ0) is 13.2. The van der Waals surface area contributed by atoms with Crippen LogP contribution < -0.4 is 0 Å². The summed E-state index contributed by atoms with van der Waals surface area (Å²) >= 11 is 5.01. The van der Waals surface area contributed by atoms with Crippen LogP contribution in [0.3, 0.4) is 0 Å². The van der Waals surface area contributed by atoms with Crippen molar-refractivity contribution >= 4 is 27.3 Å². The van der Waals surface area contributed by atoms with E-state index in [9.17, 15) is 5.11 Å². The van der Waals surface area contributed by atoms with Gasteiger partial charge < -0.3 is 5.11 Å². The highest BCUT2D eigenvalue weighted by molar-refractivity contribution is 9.10. The van der Waals surface area contributed by atoms with Gasteiger partial charge in [0.15, 0.2) is 0 Å². The van der Waals surface area contributed by atoms with Crippen LogP contribution in [0.25, 0.3) is 11.3 Å². The Labute approximate surface area is 123 Å². The monoisotopic (exact) mass is 334 g/mol. The van der Waals surface area contributed by atoms with E-state index in [-0.39, 0.29) is 0 Å². The molecule has 1 atom stereocenters. The Morgan fingerprint density at radius 2 is 1.95 bits per heavy atom. The molecule has 0 aliphatic rings. The number of aromatic nitrogens is 2. The summed E-state index contributed by atoms with van der Waals surface area (Å²) in [5.74, 6) is 0. The molecule has 0 radical (unpaired) electrons. The Balaban J connectivity index is 2.04. The van der Waals surface area contributed by atoms with Crippen LogP contribution in [-0.2, 0) is 0 Å². The third-order valence-electron chi connectivity index (χ3n) is 2.96. The molecular formula is C14H11BrN2OS. The second kappa shape index (κ2) is 5.28. The third-order valence-corrected chi connectivity index (χ3v) is 4.71. The predicted octanol–water partition coefficient (Wildman–Crippen LogP) is 3.98. The van der Waals surface area contributed by atoms with E-state index >= 15 is 0 Å². The molecule has 5 heteroatoms. The van der Waals surface area contributed by atoms with Gasteiger partial charge >= 0.3 is 0 Å². The molecule has 0 fully saturated rings. The van der Waals surface area contributed by atoms with E-state index in [4.69, 9.17) is 0 Å². The van der Waals surface area contributed by atoms with Crippen LogP contribution in [0, 0.1) is 0 Å². The fourth-order valence-electron chi connectivity index (χ4n) is 1.99. The van der Waals surface area contributed by atoms with Crippen molar-refractivity contribution in [3.8, 4) is 11.3 Å². The van der Waals surface area contributed by atoms with Crippen LogP contribution in [0.5, 0.6) is 0 Å². The number of H-pyrrole nitrogens is 1. The number of nitrogens with one attached hydrogen (secondary N) is 1. The summed E-state index contributed by atoms with van der Waals surface area (Å²) in [4.78, 5) is 0. The lowest BCUT2D eigenvalue weighted by atomic mass is 10.0. The van der Waals surface area contributed by atoms with Gasteiger partial charge in [-0.05, 0) is 26.9 Å². The summed E-state index contributed by atoms with van der Waals surface area (Å²) < 4.78 is 0.921. The number of halogens is 1. The molecule has 2 N–H and O–H groups in total. The molecular weight excluding hydrogens is 324 g/mol. The summed E-state index contributed by atoms with van der Waals surface area (Å²) in [5, 5.41) is 21.4. The fraction of sp³-hybridized carbons (Fsp3) is 0.0714. The standard InChI is InChI=1S/C14H11BrN2OS/c15-12-8-19-7-11(12)14(18)10-6-16-17-13(10)9-4-2-1-3-5-9/h1-8,14,18H,(H,16,17). The number of aliphatic hydroxyl groups is 1. The summed E-state index contributed by atoms with van der Waals surface area (Å²) in [6.45, 7) is 0. The van der Waals surface area contributed by atoms with E-state index in [2.05, 4.69) is 26.1 Å². The normalized spacial score (nSPS) is 12.5. The second-order valence-corrected chi connectivity index (χ2v) is 5.74. The topological polar surface area (TPSA) is 48.9 Å². The molecule has 0 saturated heterocycles. The van der Waals surface area contributed by atoms with Gasteiger partial charge in [-0.3, -0.25) is 5.10 Å². The molecule has 96 valence electrons. The molecule has 3 nitrogen and oxygen atoms in total. The number of thiophene rings is 1. The van der Waals surface area contributed by atoms with Crippen molar-refractivity contribution in [2.75, 3.05) is 0 Å². The summed E-state index contributed by atoms with van der Waals surface area (Å²) in [7, 11) is 0. The quantitative estimate of drug-likeness (QED) is 0.761. The smallest absolute Gasteiger partial charge is 0.110 e. The Bertz CT molecular complexity index is 678. The average Bonchev–Trinajstić information content (AvgIpc) is 3.07. The van der Waals surface area contributed by atoms with Crippen molar-refractivity contribution in [1.29, 1.82) is 0 Å². The minimum absolute atomic E-state index is 0.686. The first kappa shape index (κ1) is 12.6. The molecule has 0 bridgehead atoms. The van der Waals surface area contributed by atoms with Crippen molar-refractivity contribution in [2.45, 2.75) is 6.10 Å². The Hall–Kier alpha value is -1.43. The first-order chi connectivity index (χ1) is 9.27. The molecule has 3 aromatic rings. The van der Waals surface area contributed by atoms with Gasteiger partial charge in [-0.2, -0.15) is 16.4 Å². The zero-order valence-electron chi connectivity index (χ0n) is 9.88. The first-order valence-corrected chi connectivity index (χ1v) is 7.49. The summed E-state index contributed by atoms with van der Waals surface area (Å²) in [6, 6.07) is 9.88. The summed E-state index contributed by atoms with van der Waals surface area (Å²) in [6.07, 6.45) is 0.992. The minimum atomic E-state index is -0.686. The maximum absolute atomic E-state index is 10.5. The number of hydrogen-bond acceptors (Lipinski definition) is 3. The van der Waals surface area contributed by atoms with Crippen LogP contribution in [0.1, 0.15) is 17.2 Å². The number of aliphatic hydroxyl groups excluding tert-OH is 1. The van der Waals surface area contributed by atoms with Gasteiger partial charge in [0.1, 0.15) is 6.10 Å². The summed E-state index contributed by atoms with van der Waals surface area (Å²) in [5.41, 5.74) is 3.51. The molecule has 0 aliphatic carbocycles. The van der Waals surface area contributed by atoms with Crippen LogP contribution in [0.15, 0.2) is 51.8 Å². The van der Waals surface area contributed by atoms with Gasteiger partial charge in [0.25, 0.3) is 0 Å². The highest BCUT2D eigenvalue weighted by Gasteiger charge is 2.20. The van der Waals surface area contributed by atoms with Crippen molar-refractivity contribution in [3.63, 3.8) is 0 Å². The molecule has 0 saturated carbocycles. The molecule has 1 unspecified atom stereocenters. The van der Waals surface area contributed by atoms with Crippen molar-refractivity contribution in [3.05, 3.63) is 62.9 Å². The second-order valence-electron chi connectivity index (χ2n) is 4.14. The Kier molecular flexibility index (Phi) is 3.50. The molecule has 0 amide bonds. The third kappa shape index (κ3) is 2.36. The van der Waals surface area contributed by atoms with Gasteiger partial charge in [-0.1, -0.05) is 30.3 Å². The molecule has 0 aliphatic heterocycles. The van der Waals surface area contributed by atoms with E-state index < -0.39 is 6.10 Å². The molecule has 0 spiro atoms. The van der Waals surface area contributed by atoms with Crippen LogP contribution in [0.2, 0.25) is 0 Å². The Morgan fingerprint density at radius 3 is 2.63 bits per heavy atom. The fourth-order valence-corrected chi connectivity index (χ4v) is 3.53. The number of benzene rings is 1. The molecule has 2 aromatic heterocycles. The van der Waals surface area contributed by atoms with E-state index in [1.165, 1.54) is 0 Å². The number of aromatic amines is 1. The van der Waals surface area contributed by atoms with Gasteiger partial charge in [0.2, 0.25) is 0 Å². The van der Waals surface area contributed by atoms with E-state index in [0.29, 0.717) is 0 Å². The highest BCUT2D eigenvalue weighted by atomic mass is 79.9. The first-order valence-electron chi connectivity index (χ1n) is 5.75. The lowest BCUT2D eigenvalue weighted by molar-refractivity contribution is 0.220. The average molecular weight is 335 g/mol. The largest absolute Gasteiger partial charge is 0.383 e. The maximum atomic E-state index is 10.5. The number of nitrogens with zero attached hydrogens (tertiary/aromatic N) is 1. The lowest BCUT2D eigenvalue weighted by Gasteiger charge is -2.10. The number of rotatable bonds is 3. The van der Waals surface area contributed by atoms with Crippen LogP contribution in [0.4, 0.5) is 0 Å². The highest BCUT2D eigenvalue weighted by Crippen LogP contribution is 2.35. The van der Waals surface area contributed by atoms with Crippen molar-refractivity contribution < 1.29 is 5.11 Å². The maximum Gasteiger partial charge on any atom is 0.110 e. The van der Waals surface area contributed by atoms with E-state index in [1.54, 1.807) is 17.5 Å². The van der Waals surface area contributed by atoms with E-state index in [0.717, 1.165) is 26.9 Å². The molecule has 19 heavy (non-hydrogen) atoms. The van der Waals surface area contributed by atoms with Crippen LogP contribution >= 0.6 is 27.3 Å².